The van der Waals surface area contributed by atoms with Gasteiger partial charge in [0.2, 0.25) is 0 Å². The number of nitrogens with two attached hydrogens (primary N) is 1. The van der Waals surface area contributed by atoms with Crippen molar-refractivity contribution in [2.75, 3.05) is 31.9 Å². The highest BCUT2D eigenvalue weighted by Crippen LogP contribution is 2.12. The zero-order valence-corrected chi connectivity index (χ0v) is 12.6. The van der Waals surface area contributed by atoms with Gasteiger partial charge < -0.3 is 15.5 Å². The molecule has 1 saturated heterocycles. The minimum atomic E-state index is -0.248. The van der Waals surface area contributed by atoms with Gasteiger partial charge in [-0.25, -0.2) is 9.97 Å². The molecule has 2 N–H and O–H groups in total. The quantitative estimate of drug-likeness (QED) is 0.879. The van der Waals surface area contributed by atoms with Crippen LogP contribution in [-0.2, 0) is 0 Å². The number of anilines is 1. The molecule has 1 aliphatic rings. The van der Waals surface area contributed by atoms with Crippen LogP contribution in [0.5, 0.6) is 0 Å². The van der Waals surface area contributed by atoms with Crippen LogP contribution in [0.4, 0.5) is 5.82 Å². The first-order valence-corrected chi connectivity index (χ1v) is 7.37. The third kappa shape index (κ3) is 3.13. The highest BCUT2D eigenvalue weighted by atomic mass is 16.2. The number of carbonyl (C=O) groups is 2. The molecule has 0 radical (unpaired) electrons. The van der Waals surface area contributed by atoms with Gasteiger partial charge in [0.1, 0.15) is 0 Å². The van der Waals surface area contributed by atoms with Gasteiger partial charge in [0.05, 0.1) is 0 Å². The van der Waals surface area contributed by atoms with Gasteiger partial charge in [-0.15, -0.1) is 0 Å². The molecule has 3 rings (SSSR count). The smallest absolute Gasteiger partial charge is 0.276 e. The maximum Gasteiger partial charge on any atom is 0.276 e. The van der Waals surface area contributed by atoms with Gasteiger partial charge in [0, 0.05) is 44.1 Å². The summed E-state index contributed by atoms with van der Waals surface area (Å²) < 4.78 is 0. The second kappa shape index (κ2) is 6.43. The average Bonchev–Trinajstić information content (AvgIpc) is 2.62. The van der Waals surface area contributed by atoms with E-state index in [4.69, 9.17) is 5.73 Å². The fourth-order valence-electron chi connectivity index (χ4n) is 2.54. The molecule has 1 aliphatic heterocycles. The number of rotatable bonds is 2. The Morgan fingerprint density at radius 1 is 0.870 bits per heavy atom. The van der Waals surface area contributed by atoms with Crippen LogP contribution >= 0.6 is 0 Å². The van der Waals surface area contributed by atoms with Gasteiger partial charge in [-0.3, -0.25) is 9.59 Å². The van der Waals surface area contributed by atoms with Gasteiger partial charge in [0.15, 0.2) is 11.5 Å². The predicted molar refractivity (Wildman–Crippen MR) is 84.7 cm³/mol. The first-order chi connectivity index (χ1) is 11.2. The van der Waals surface area contributed by atoms with E-state index in [2.05, 4.69) is 9.97 Å². The van der Waals surface area contributed by atoms with Crippen molar-refractivity contribution in [3.8, 4) is 0 Å². The molecule has 118 valence electrons. The Labute approximate surface area is 133 Å². The van der Waals surface area contributed by atoms with E-state index in [0.29, 0.717) is 31.7 Å². The standard InChI is InChI=1S/C16H17N5O2/c17-14-13(18-6-7-19-14)16(23)21-10-8-20(9-11-21)15(22)12-4-2-1-3-5-12/h1-7H,8-11H2,(H2,17,19). The van der Waals surface area contributed by atoms with Crippen LogP contribution in [0.3, 0.4) is 0 Å². The fourth-order valence-corrected chi connectivity index (χ4v) is 2.54. The lowest BCUT2D eigenvalue weighted by atomic mass is 10.2. The third-order valence-corrected chi connectivity index (χ3v) is 3.80. The Hall–Kier alpha value is -2.96. The molecule has 23 heavy (non-hydrogen) atoms. The van der Waals surface area contributed by atoms with Gasteiger partial charge in [-0.1, -0.05) is 18.2 Å². The van der Waals surface area contributed by atoms with Crippen molar-refractivity contribution in [3.63, 3.8) is 0 Å². The molecule has 2 heterocycles. The maximum atomic E-state index is 12.4. The van der Waals surface area contributed by atoms with E-state index < -0.39 is 0 Å². The molecule has 0 aliphatic carbocycles. The maximum absolute atomic E-state index is 12.4. The van der Waals surface area contributed by atoms with Crippen LogP contribution in [0, 0.1) is 0 Å². The molecule has 1 aromatic heterocycles. The third-order valence-electron chi connectivity index (χ3n) is 3.80. The number of aromatic nitrogens is 2. The normalized spacial score (nSPS) is 14.6. The zero-order chi connectivity index (χ0) is 16.2. The van der Waals surface area contributed by atoms with Gasteiger partial charge in [-0.2, -0.15) is 0 Å². The van der Waals surface area contributed by atoms with E-state index in [1.807, 2.05) is 18.2 Å². The van der Waals surface area contributed by atoms with Gasteiger partial charge >= 0.3 is 0 Å². The van der Waals surface area contributed by atoms with E-state index in [1.54, 1.807) is 21.9 Å². The van der Waals surface area contributed by atoms with Crippen LogP contribution in [0.25, 0.3) is 0 Å². The van der Waals surface area contributed by atoms with E-state index in [-0.39, 0.29) is 23.3 Å². The molecule has 1 aromatic carbocycles. The molecule has 0 bridgehead atoms. The summed E-state index contributed by atoms with van der Waals surface area (Å²) in [7, 11) is 0. The molecule has 0 atom stereocenters. The van der Waals surface area contributed by atoms with Crippen molar-refractivity contribution < 1.29 is 9.59 Å². The lowest BCUT2D eigenvalue weighted by molar-refractivity contribution is 0.0532. The summed E-state index contributed by atoms with van der Waals surface area (Å²) in [6.07, 6.45) is 2.89. The number of hydrogen-bond acceptors (Lipinski definition) is 5. The number of amides is 2. The zero-order valence-electron chi connectivity index (χ0n) is 12.6. The Balaban J connectivity index is 1.64. The van der Waals surface area contributed by atoms with Gasteiger partial charge in [0.25, 0.3) is 11.8 Å². The largest absolute Gasteiger partial charge is 0.382 e. The Morgan fingerprint density at radius 3 is 2.04 bits per heavy atom. The molecule has 2 aromatic rings. The Morgan fingerprint density at radius 2 is 1.43 bits per heavy atom. The van der Waals surface area contributed by atoms with E-state index in [9.17, 15) is 9.59 Å². The highest BCUT2D eigenvalue weighted by Gasteiger charge is 2.27. The van der Waals surface area contributed by atoms with Crippen LogP contribution in [0.1, 0.15) is 20.8 Å². The number of nitrogens with zero attached hydrogens (tertiary/aromatic N) is 4. The number of hydrogen-bond donors (Lipinski definition) is 1. The Kier molecular flexibility index (Phi) is 4.18. The first-order valence-electron chi connectivity index (χ1n) is 7.37. The van der Waals surface area contributed by atoms with Crippen molar-refractivity contribution in [1.82, 2.24) is 19.8 Å². The number of piperazine rings is 1. The SMILES string of the molecule is Nc1nccnc1C(=O)N1CCN(C(=O)c2ccccc2)CC1. The number of benzene rings is 1. The minimum Gasteiger partial charge on any atom is -0.382 e. The molecular weight excluding hydrogens is 294 g/mol. The van der Waals surface area contributed by atoms with Crippen molar-refractivity contribution in [2.45, 2.75) is 0 Å². The lowest BCUT2D eigenvalue weighted by Crippen LogP contribution is -2.50. The van der Waals surface area contributed by atoms with E-state index >= 15 is 0 Å². The van der Waals surface area contributed by atoms with Crippen LogP contribution < -0.4 is 5.73 Å². The second-order valence-corrected chi connectivity index (χ2v) is 5.24. The van der Waals surface area contributed by atoms with Crippen LogP contribution in [-0.4, -0.2) is 57.8 Å². The Bertz CT molecular complexity index is 711. The van der Waals surface area contributed by atoms with Gasteiger partial charge in [-0.05, 0) is 12.1 Å². The van der Waals surface area contributed by atoms with Crippen molar-refractivity contribution in [3.05, 3.63) is 54.0 Å². The summed E-state index contributed by atoms with van der Waals surface area (Å²) in [4.78, 5) is 36.1. The topological polar surface area (TPSA) is 92.4 Å². The van der Waals surface area contributed by atoms with Crippen molar-refractivity contribution in [1.29, 1.82) is 0 Å². The molecule has 7 nitrogen and oxygen atoms in total. The van der Waals surface area contributed by atoms with Crippen molar-refractivity contribution in [2.24, 2.45) is 0 Å². The molecule has 0 saturated carbocycles. The summed E-state index contributed by atoms with van der Waals surface area (Å²) in [6, 6.07) is 9.13. The van der Waals surface area contributed by atoms with Crippen molar-refractivity contribution >= 4 is 17.6 Å². The van der Waals surface area contributed by atoms with E-state index in [0.717, 1.165) is 0 Å². The summed E-state index contributed by atoms with van der Waals surface area (Å²) in [5.41, 5.74) is 6.51. The van der Waals surface area contributed by atoms with Crippen LogP contribution in [0.15, 0.2) is 42.7 Å². The average molecular weight is 311 g/mol. The molecule has 2 amide bonds. The summed E-state index contributed by atoms with van der Waals surface area (Å²) in [6.45, 7) is 1.88. The molecule has 1 fully saturated rings. The summed E-state index contributed by atoms with van der Waals surface area (Å²) in [5.74, 6) is -0.139. The summed E-state index contributed by atoms with van der Waals surface area (Å²) >= 11 is 0. The minimum absolute atomic E-state index is 0.0169. The fraction of sp³-hybridized carbons (Fsp3) is 0.250. The lowest BCUT2D eigenvalue weighted by Gasteiger charge is -2.34. The molecule has 0 unspecified atom stereocenters. The molecule has 7 heteroatoms. The summed E-state index contributed by atoms with van der Waals surface area (Å²) in [5, 5.41) is 0. The molecular formula is C16H17N5O2. The first kappa shape index (κ1) is 15.0. The highest BCUT2D eigenvalue weighted by molar-refractivity contribution is 5.97. The second-order valence-electron chi connectivity index (χ2n) is 5.24. The number of nitrogen functional groups attached to an aromatic ring is 1. The number of carbonyl (C=O) groups excluding carboxylic acids is 2. The van der Waals surface area contributed by atoms with E-state index in [1.165, 1.54) is 12.4 Å². The van der Waals surface area contributed by atoms with Crippen LogP contribution in [0.2, 0.25) is 0 Å². The molecule has 0 spiro atoms. The predicted octanol–water partition coefficient (Wildman–Crippen LogP) is 0.657. The monoisotopic (exact) mass is 311 g/mol.